The molecule has 1 aromatic rings. The molecule has 1 aliphatic rings. The summed E-state index contributed by atoms with van der Waals surface area (Å²) in [5.74, 6) is 0.762. The van der Waals surface area contributed by atoms with Gasteiger partial charge in [0.25, 0.3) is 5.91 Å². The molecule has 82 valence electrons. The number of hydrogen-bond donors (Lipinski definition) is 0. The summed E-state index contributed by atoms with van der Waals surface area (Å²) in [6, 6.07) is 0.347. The number of aryl methyl sites for hydroxylation is 1. The molecular weight excluding hydrogens is 208 g/mol. The van der Waals surface area contributed by atoms with Crippen molar-refractivity contribution in [3.63, 3.8) is 0 Å². The predicted octanol–water partition coefficient (Wildman–Crippen LogP) is 2.32. The van der Waals surface area contributed by atoms with Crippen LogP contribution in [0.2, 0.25) is 0 Å². The fraction of sp³-hybridized carbons (Fsp3) is 0.636. The van der Waals surface area contributed by atoms with Crippen LogP contribution in [-0.4, -0.2) is 28.9 Å². The van der Waals surface area contributed by atoms with Crippen LogP contribution in [0.15, 0.2) is 5.38 Å². The first-order chi connectivity index (χ1) is 7.09. The summed E-state index contributed by atoms with van der Waals surface area (Å²) in [7, 11) is 1.88. The van der Waals surface area contributed by atoms with Gasteiger partial charge in [0.15, 0.2) is 0 Å². The fourth-order valence-electron chi connectivity index (χ4n) is 1.72. The fourth-order valence-corrected chi connectivity index (χ4v) is 2.31. The second-order valence-electron chi connectivity index (χ2n) is 4.25. The number of carbonyl (C=O) groups excluding carboxylic acids is 1. The Labute approximate surface area is 94.1 Å². The topological polar surface area (TPSA) is 33.2 Å². The summed E-state index contributed by atoms with van der Waals surface area (Å²) in [5, 5.41) is 2.79. The third-order valence-electron chi connectivity index (χ3n) is 3.07. The van der Waals surface area contributed by atoms with E-state index in [9.17, 15) is 4.79 Å². The maximum absolute atomic E-state index is 12.0. The van der Waals surface area contributed by atoms with Crippen LogP contribution in [0.3, 0.4) is 0 Å². The minimum Gasteiger partial charge on any atom is -0.337 e. The van der Waals surface area contributed by atoms with Gasteiger partial charge in [-0.2, -0.15) is 0 Å². The molecule has 2 rings (SSSR count). The van der Waals surface area contributed by atoms with Gasteiger partial charge in [0, 0.05) is 18.5 Å². The number of hydrogen-bond acceptors (Lipinski definition) is 3. The summed E-state index contributed by atoms with van der Waals surface area (Å²) < 4.78 is 0. The molecule has 1 saturated carbocycles. The van der Waals surface area contributed by atoms with Crippen molar-refractivity contribution in [2.45, 2.75) is 32.7 Å². The third-order valence-corrected chi connectivity index (χ3v) is 3.85. The first kappa shape index (κ1) is 10.6. The highest BCUT2D eigenvalue weighted by atomic mass is 32.1. The van der Waals surface area contributed by atoms with Gasteiger partial charge in [-0.25, -0.2) is 4.98 Å². The molecule has 1 aromatic heterocycles. The minimum atomic E-state index is 0.0544. The van der Waals surface area contributed by atoms with Gasteiger partial charge in [-0.1, -0.05) is 0 Å². The third kappa shape index (κ3) is 2.20. The van der Waals surface area contributed by atoms with E-state index in [2.05, 4.69) is 11.9 Å². The first-order valence-electron chi connectivity index (χ1n) is 5.29. The molecule has 4 heteroatoms. The van der Waals surface area contributed by atoms with Crippen molar-refractivity contribution in [2.24, 2.45) is 5.92 Å². The zero-order valence-electron chi connectivity index (χ0n) is 9.36. The van der Waals surface area contributed by atoms with Gasteiger partial charge in [0.2, 0.25) is 0 Å². The van der Waals surface area contributed by atoms with E-state index in [0.29, 0.717) is 17.7 Å². The molecule has 0 bridgehead atoms. The van der Waals surface area contributed by atoms with E-state index in [0.717, 1.165) is 5.01 Å². The number of carbonyl (C=O) groups is 1. The van der Waals surface area contributed by atoms with Crippen molar-refractivity contribution < 1.29 is 4.79 Å². The van der Waals surface area contributed by atoms with Gasteiger partial charge in [-0.15, -0.1) is 11.3 Å². The van der Waals surface area contributed by atoms with Crippen LogP contribution in [0, 0.1) is 12.8 Å². The Bertz CT molecular complexity index is 370. The average molecular weight is 224 g/mol. The van der Waals surface area contributed by atoms with Crippen LogP contribution in [0.5, 0.6) is 0 Å². The van der Waals surface area contributed by atoms with Crippen LogP contribution < -0.4 is 0 Å². The maximum Gasteiger partial charge on any atom is 0.273 e. The van der Waals surface area contributed by atoms with Crippen molar-refractivity contribution in [1.82, 2.24) is 9.88 Å². The molecule has 0 spiro atoms. The molecular formula is C11H16N2OS. The molecule has 1 fully saturated rings. The number of nitrogens with zero attached hydrogens (tertiary/aromatic N) is 2. The van der Waals surface area contributed by atoms with Gasteiger partial charge < -0.3 is 4.90 Å². The second kappa shape index (κ2) is 3.93. The van der Waals surface area contributed by atoms with E-state index in [1.807, 2.05) is 24.3 Å². The largest absolute Gasteiger partial charge is 0.337 e. The summed E-state index contributed by atoms with van der Waals surface area (Å²) in [4.78, 5) is 18.0. The first-order valence-corrected chi connectivity index (χ1v) is 6.17. The quantitative estimate of drug-likeness (QED) is 0.789. The Morgan fingerprint density at radius 1 is 1.67 bits per heavy atom. The van der Waals surface area contributed by atoms with Gasteiger partial charge in [0.1, 0.15) is 5.69 Å². The molecule has 0 aromatic carbocycles. The van der Waals surface area contributed by atoms with E-state index in [-0.39, 0.29) is 5.91 Å². The van der Waals surface area contributed by atoms with Crippen LogP contribution in [0.4, 0.5) is 0 Å². The predicted molar refractivity (Wildman–Crippen MR) is 61.1 cm³/mol. The molecule has 1 unspecified atom stereocenters. The highest BCUT2D eigenvalue weighted by Gasteiger charge is 2.33. The Morgan fingerprint density at radius 3 is 2.80 bits per heavy atom. The lowest BCUT2D eigenvalue weighted by Crippen LogP contribution is -2.36. The summed E-state index contributed by atoms with van der Waals surface area (Å²) >= 11 is 1.53. The Balaban J connectivity index is 2.06. The maximum atomic E-state index is 12.0. The lowest BCUT2D eigenvalue weighted by atomic mass is 10.2. The van der Waals surface area contributed by atoms with Crippen molar-refractivity contribution in [2.75, 3.05) is 7.05 Å². The molecule has 1 atom stereocenters. The standard InChI is InChI=1S/C11H16N2OS/c1-7(9-4-5-9)13(3)11(14)10-6-15-8(2)12-10/h6-7,9H,4-5H2,1-3H3. The lowest BCUT2D eigenvalue weighted by Gasteiger charge is -2.23. The summed E-state index contributed by atoms with van der Waals surface area (Å²) in [6.07, 6.45) is 2.52. The zero-order valence-corrected chi connectivity index (χ0v) is 10.2. The Morgan fingerprint density at radius 2 is 2.33 bits per heavy atom. The molecule has 1 aliphatic carbocycles. The molecule has 1 amide bonds. The van der Waals surface area contributed by atoms with Crippen LogP contribution in [-0.2, 0) is 0 Å². The van der Waals surface area contributed by atoms with E-state index in [4.69, 9.17) is 0 Å². The van der Waals surface area contributed by atoms with E-state index in [1.165, 1.54) is 24.2 Å². The summed E-state index contributed by atoms with van der Waals surface area (Å²) in [6.45, 7) is 4.04. The van der Waals surface area contributed by atoms with E-state index < -0.39 is 0 Å². The highest BCUT2D eigenvalue weighted by molar-refractivity contribution is 7.09. The van der Waals surface area contributed by atoms with E-state index in [1.54, 1.807) is 0 Å². The van der Waals surface area contributed by atoms with Crippen molar-refractivity contribution in [3.05, 3.63) is 16.1 Å². The van der Waals surface area contributed by atoms with Crippen LogP contribution in [0.25, 0.3) is 0 Å². The molecule has 0 aliphatic heterocycles. The highest BCUT2D eigenvalue weighted by Crippen LogP contribution is 2.35. The van der Waals surface area contributed by atoms with Gasteiger partial charge in [-0.3, -0.25) is 4.79 Å². The van der Waals surface area contributed by atoms with Crippen molar-refractivity contribution in [1.29, 1.82) is 0 Å². The molecule has 0 radical (unpaired) electrons. The molecule has 1 heterocycles. The molecule has 0 saturated heterocycles. The van der Waals surface area contributed by atoms with Crippen molar-refractivity contribution >= 4 is 17.2 Å². The molecule has 0 N–H and O–H groups in total. The molecule has 3 nitrogen and oxygen atoms in total. The lowest BCUT2D eigenvalue weighted by molar-refractivity contribution is 0.0722. The zero-order chi connectivity index (χ0) is 11.0. The average Bonchev–Trinajstić information content (AvgIpc) is 2.98. The van der Waals surface area contributed by atoms with Gasteiger partial charge in [0.05, 0.1) is 5.01 Å². The number of amides is 1. The van der Waals surface area contributed by atoms with Gasteiger partial charge >= 0.3 is 0 Å². The van der Waals surface area contributed by atoms with Crippen molar-refractivity contribution in [3.8, 4) is 0 Å². The second-order valence-corrected chi connectivity index (χ2v) is 5.31. The van der Waals surface area contributed by atoms with Crippen LogP contribution >= 0.6 is 11.3 Å². The monoisotopic (exact) mass is 224 g/mol. The minimum absolute atomic E-state index is 0.0544. The smallest absolute Gasteiger partial charge is 0.273 e. The van der Waals surface area contributed by atoms with Gasteiger partial charge in [-0.05, 0) is 32.6 Å². The number of aromatic nitrogens is 1. The molecule has 15 heavy (non-hydrogen) atoms. The number of thiazole rings is 1. The van der Waals surface area contributed by atoms with E-state index >= 15 is 0 Å². The Kier molecular flexibility index (Phi) is 2.78. The summed E-state index contributed by atoms with van der Waals surface area (Å²) in [5.41, 5.74) is 0.590. The Hall–Kier alpha value is -0.900. The van der Waals surface area contributed by atoms with Crippen LogP contribution in [0.1, 0.15) is 35.3 Å². The SMILES string of the molecule is Cc1nc(C(=O)N(C)C(C)C2CC2)cs1. The number of rotatable bonds is 3. The normalized spacial score (nSPS) is 17.5.